The Morgan fingerprint density at radius 1 is 1.05 bits per heavy atom. The predicted molar refractivity (Wildman–Crippen MR) is 79.6 cm³/mol. The summed E-state index contributed by atoms with van der Waals surface area (Å²) in [6.07, 6.45) is 0. The van der Waals surface area contributed by atoms with E-state index in [1.165, 1.54) is 0 Å². The van der Waals surface area contributed by atoms with Gasteiger partial charge in [0.2, 0.25) is 0 Å². The van der Waals surface area contributed by atoms with E-state index in [1.807, 2.05) is 29.7 Å². The van der Waals surface area contributed by atoms with E-state index in [9.17, 15) is 4.79 Å². The molecule has 0 bridgehead atoms. The van der Waals surface area contributed by atoms with E-state index < -0.39 is 0 Å². The molecule has 0 fully saturated rings. The number of aryl methyl sites for hydroxylation is 2. The summed E-state index contributed by atoms with van der Waals surface area (Å²) in [5.41, 5.74) is 1.91. The minimum Gasteiger partial charge on any atom is -0.280 e. The third-order valence-corrected chi connectivity index (χ3v) is 3.46. The Morgan fingerprint density at radius 2 is 1.80 bits per heavy atom. The topological polar surface area (TPSA) is 47.8 Å². The summed E-state index contributed by atoms with van der Waals surface area (Å²) >= 11 is 6.26. The lowest BCUT2D eigenvalue weighted by atomic mass is 10.2. The molecule has 3 rings (SSSR count). The molecule has 4 nitrogen and oxygen atoms in total. The second-order valence-electron chi connectivity index (χ2n) is 4.57. The van der Waals surface area contributed by atoms with Crippen LogP contribution in [0.2, 0.25) is 5.02 Å². The fourth-order valence-corrected chi connectivity index (χ4v) is 2.43. The largest absolute Gasteiger partial charge is 0.282 e. The first-order valence-corrected chi connectivity index (χ1v) is 6.57. The molecule has 20 heavy (non-hydrogen) atoms. The van der Waals surface area contributed by atoms with Crippen molar-refractivity contribution in [2.45, 2.75) is 13.8 Å². The summed E-state index contributed by atoms with van der Waals surface area (Å²) in [4.78, 5) is 20.5. The molecule has 0 spiro atoms. The molecule has 0 saturated carbocycles. The average Bonchev–Trinajstić information content (AvgIpc) is 2.40. The summed E-state index contributed by atoms with van der Waals surface area (Å²) in [6, 6.07) is 11.0. The number of rotatable bonds is 1. The van der Waals surface area contributed by atoms with Gasteiger partial charge in [-0.15, -0.1) is 0 Å². The van der Waals surface area contributed by atoms with E-state index in [4.69, 9.17) is 11.6 Å². The number of halogens is 1. The second-order valence-corrected chi connectivity index (χ2v) is 4.98. The Kier molecular flexibility index (Phi) is 3.03. The molecule has 1 aromatic carbocycles. The van der Waals surface area contributed by atoms with Crippen molar-refractivity contribution in [3.8, 4) is 5.69 Å². The highest BCUT2D eigenvalue weighted by molar-refractivity contribution is 6.32. The van der Waals surface area contributed by atoms with Crippen LogP contribution in [0.5, 0.6) is 0 Å². The van der Waals surface area contributed by atoms with Gasteiger partial charge < -0.3 is 0 Å². The van der Waals surface area contributed by atoms with E-state index in [0.717, 1.165) is 11.4 Å². The van der Waals surface area contributed by atoms with Crippen molar-refractivity contribution in [2.24, 2.45) is 0 Å². The van der Waals surface area contributed by atoms with Gasteiger partial charge in [0.1, 0.15) is 5.82 Å². The summed E-state index contributed by atoms with van der Waals surface area (Å²) in [5, 5.41) is 1.08. The summed E-state index contributed by atoms with van der Waals surface area (Å²) in [7, 11) is 0. The Morgan fingerprint density at radius 3 is 2.55 bits per heavy atom. The lowest BCUT2D eigenvalue weighted by molar-refractivity contribution is 0.913. The molecule has 3 aromatic rings. The van der Waals surface area contributed by atoms with Crippen LogP contribution < -0.4 is 5.56 Å². The highest BCUT2D eigenvalue weighted by Crippen LogP contribution is 2.23. The lowest BCUT2D eigenvalue weighted by Crippen LogP contribution is -2.17. The Hall–Kier alpha value is -2.20. The number of hydrogen-bond acceptors (Lipinski definition) is 3. The van der Waals surface area contributed by atoms with E-state index in [-0.39, 0.29) is 5.56 Å². The second kappa shape index (κ2) is 4.72. The molecular weight excluding hydrogens is 274 g/mol. The van der Waals surface area contributed by atoms with Gasteiger partial charge in [-0.05, 0) is 38.1 Å². The third-order valence-electron chi connectivity index (χ3n) is 3.14. The molecule has 0 amide bonds. The first-order chi connectivity index (χ1) is 9.58. The highest BCUT2D eigenvalue weighted by atomic mass is 35.5. The molecular formula is C15H12ClN3O. The van der Waals surface area contributed by atoms with Crippen LogP contribution in [-0.2, 0) is 0 Å². The number of fused-ring (bicyclic) bond motifs is 1. The SMILES string of the molecule is Cc1ccc2c(=O)nc(C)n(-c3ccccc3Cl)c2n1. The zero-order valence-electron chi connectivity index (χ0n) is 11.1. The molecule has 5 heteroatoms. The Bertz CT molecular complexity index is 871. The van der Waals surface area contributed by atoms with Crippen molar-refractivity contribution < 1.29 is 0 Å². The van der Waals surface area contributed by atoms with Crippen LogP contribution in [0.1, 0.15) is 11.5 Å². The number of para-hydroxylation sites is 1. The van der Waals surface area contributed by atoms with Crippen LogP contribution in [0, 0.1) is 13.8 Å². The first-order valence-electron chi connectivity index (χ1n) is 6.20. The van der Waals surface area contributed by atoms with Gasteiger partial charge in [0.25, 0.3) is 5.56 Å². The van der Waals surface area contributed by atoms with Crippen LogP contribution in [0.4, 0.5) is 0 Å². The van der Waals surface area contributed by atoms with Crippen LogP contribution in [0.25, 0.3) is 16.7 Å². The van der Waals surface area contributed by atoms with E-state index in [0.29, 0.717) is 21.9 Å². The minimum absolute atomic E-state index is 0.270. The molecule has 0 unspecified atom stereocenters. The molecule has 0 aliphatic carbocycles. The van der Waals surface area contributed by atoms with Gasteiger partial charge in [-0.25, -0.2) is 4.98 Å². The molecule has 0 saturated heterocycles. The van der Waals surface area contributed by atoms with E-state index in [2.05, 4.69) is 9.97 Å². The molecule has 0 aliphatic rings. The fourth-order valence-electron chi connectivity index (χ4n) is 2.21. The van der Waals surface area contributed by atoms with Crippen molar-refractivity contribution in [3.63, 3.8) is 0 Å². The quantitative estimate of drug-likeness (QED) is 0.690. The number of benzene rings is 1. The van der Waals surface area contributed by atoms with Crippen LogP contribution in [0.3, 0.4) is 0 Å². The molecule has 0 atom stereocenters. The molecule has 100 valence electrons. The van der Waals surface area contributed by atoms with Crippen molar-refractivity contribution in [1.29, 1.82) is 0 Å². The zero-order chi connectivity index (χ0) is 14.3. The fraction of sp³-hybridized carbons (Fsp3) is 0.133. The molecule has 0 N–H and O–H groups in total. The number of hydrogen-bond donors (Lipinski definition) is 0. The highest BCUT2D eigenvalue weighted by Gasteiger charge is 2.12. The lowest BCUT2D eigenvalue weighted by Gasteiger charge is -2.14. The van der Waals surface area contributed by atoms with Crippen molar-refractivity contribution >= 4 is 22.6 Å². The molecule has 0 radical (unpaired) electrons. The minimum atomic E-state index is -0.270. The van der Waals surface area contributed by atoms with Crippen molar-refractivity contribution in [2.75, 3.05) is 0 Å². The van der Waals surface area contributed by atoms with Crippen LogP contribution in [-0.4, -0.2) is 14.5 Å². The number of nitrogens with zero attached hydrogens (tertiary/aromatic N) is 3. The number of pyridine rings is 1. The monoisotopic (exact) mass is 285 g/mol. The zero-order valence-corrected chi connectivity index (χ0v) is 11.8. The van der Waals surface area contributed by atoms with Gasteiger partial charge in [0.05, 0.1) is 16.1 Å². The molecule has 2 aromatic heterocycles. The Labute approximate surface area is 120 Å². The Balaban J connectivity index is 2.50. The average molecular weight is 286 g/mol. The smallest absolute Gasteiger partial charge is 0.280 e. The summed E-state index contributed by atoms with van der Waals surface area (Å²) < 4.78 is 1.81. The van der Waals surface area contributed by atoms with Crippen LogP contribution in [0.15, 0.2) is 41.2 Å². The summed E-state index contributed by atoms with van der Waals surface area (Å²) in [5.74, 6) is 0.564. The predicted octanol–water partition coefficient (Wildman–Crippen LogP) is 3.05. The van der Waals surface area contributed by atoms with Crippen LogP contribution >= 0.6 is 11.6 Å². The maximum Gasteiger partial charge on any atom is 0.282 e. The van der Waals surface area contributed by atoms with Gasteiger partial charge in [-0.2, -0.15) is 4.98 Å². The molecule has 0 aliphatic heterocycles. The maximum atomic E-state index is 12.0. The first kappa shape index (κ1) is 12.8. The normalized spacial score (nSPS) is 10.9. The summed E-state index contributed by atoms with van der Waals surface area (Å²) in [6.45, 7) is 3.66. The standard InChI is InChI=1S/C15H12ClN3O/c1-9-7-8-11-14(17-9)19(10(2)18-15(11)20)13-6-4-3-5-12(13)16/h3-8H,1-2H3. The van der Waals surface area contributed by atoms with E-state index in [1.54, 1.807) is 25.1 Å². The van der Waals surface area contributed by atoms with Gasteiger partial charge in [-0.1, -0.05) is 23.7 Å². The van der Waals surface area contributed by atoms with Gasteiger partial charge >= 0.3 is 0 Å². The van der Waals surface area contributed by atoms with Gasteiger partial charge in [0, 0.05) is 5.69 Å². The van der Waals surface area contributed by atoms with Gasteiger partial charge in [-0.3, -0.25) is 9.36 Å². The van der Waals surface area contributed by atoms with Crippen molar-refractivity contribution in [1.82, 2.24) is 14.5 Å². The number of aromatic nitrogens is 3. The van der Waals surface area contributed by atoms with Gasteiger partial charge in [0.15, 0.2) is 5.65 Å². The van der Waals surface area contributed by atoms with E-state index >= 15 is 0 Å². The van der Waals surface area contributed by atoms with Crippen molar-refractivity contribution in [3.05, 3.63) is 63.3 Å². The third kappa shape index (κ3) is 1.98. The molecule has 2 heterocycles. The maximum absolute atomic E-state index is 12.0.